The maximum absolute atomic E-state index is 11.6. The zero-order valence-corrected chi connectivity index (χ0v) is 11.0. The minimum absolute atomic E-state index is 0.0587. The van der Waals surface area contributed by atoms with Crippen molar-refractivity contribution < 1.29 is 24.4 Å². The first kappa shape index (κ1) is 15.4. The molecule has 0 saturated heterocycles. The third-order valence-electron chi connectivity index (χ3n) is 2.42. The van der Waals surface area contributed by atoms with Gasteiger partial charge in [0.25, 0.3) is 5.69 Å². The third kappa shape index (κ3) is 3.41. The summed E-state index contributed by atoms with van der Waals surface area (Å²) in [5.74, 6) is -2.15. The second kappa shape index (κ2) is 6.46. The lowest BCUT2D eigenvalue weighted by molar-refractivity contribution is -0.384. The van der Waals surface area contributed by atoms with Gasteiger partial charge in [0.2, 0.25) is 0 Å². The zero-order chi connectivity index (χ0) is 15.3. The quantitative estimate of drug-likeness (QED) is 0.168. The van der Waals surface area contributed by atoms with Crippen molar-refractivity contribution in [3.8, 4) is 0 Å². The number of aliphatic hydroxyl groups is 1. The van der Waals surface area contributed by atoms with E-state index in [2.05, 4.69) is 4.74 Å². The summed E-state index contributed by atoms with van der Waals surface area (Å²) in [6.07, 6.45) is 0. The van der Waals surface area contributed by atoms with Crippen LogP contribution in [0.25, 0.3) is 5.76 Å². The molecule has 1 aromatic carbocycles. The Morgan fingerprint density at radius 2 is 1.85 bits per heavy atom. The second-order valence-corrected chi connectivity index (χ2v) is 3.80. The topological polar surface area (TPSA) is 107 Å². The molecule has 1 N–H and O–H groups in total. The molecule has 0 unspecified atom stereocenters. The van der Waals surface area contributed by atoms with Gasteiger partial charge in [-0.1, -0.05) is 0 Å². The van der Waals surface area contributed by atoms with Crippen LogP contribution in [0.1, 0.15) is 19.4 Å². The lowest BCUT2D eigenvalue weighted by Gasteiger charge is -2.07. The summed E-state index contributed by atoms with van der Waals surface area (Å²) < 4.78 is 4.68. The Morgan fingerprint density at radius 1 is 1.30 bits per heavy atom. The number of nitro benzene ring substituents is 1. The molecule has 20 heavy (non-hydrogen) atoms. The van der Waals surface area contributed by atoms with E-state index in [1.54, 1.807) is 6.92 Å². The van der Waals surface area contributed by atoms with E-state index >= 15 is 0 Å². The predicted octanol–water partition coefficient (Wildman–Crippen LogP) is 2.02. The number of ether oxygens (including phenoxy) is 1. The molecule has 1 rings (SSSR count). The van der Waals surface area contributed by atoms with Crippen molar-refractivity contribution in [2.45, 2.75) is 13.8 Å². The number of nitro groups is 1. The van der Waals surface area contributed by atoms with Crippen molar-refractivity contribution in [3.05, 3.63) is 45.5 Å². The molecule has 0 radical (unpaired) electrons. The fraction of sp³-hybridized carbons (Fsp3) is 0.231. The average Bonchev–Trinajstić information content (AvgIpc) is 2.38. The average molecular weight is 279 g/mol. The van der Waals surface area contributed by atoms with Gasteiger partial charge in [0.1, 0.15) is 11.3 Å². The van der Waals surface area contributed by atoms with Crippen molar-refractivity contribution in [1.82, 2.24) is 0 Å². The minimum Gasteiger partial charge on any atom is -0.506 e. The number of rotatable bonds is 5. The number of carbonyl (C=O) groups is 2. The molecule has 0 aliphatic rings. The van der Waals surface area contributed by atoms with Crippen LogP contribution in [-0.4, -0.2) is 28.4 Å². The first-order chi connectivity index (χ1) is 9.38. The molecule has 0 spiro atoms. The van der Waals surface area contributed by atoms with Gasteiger partial charge in [0.05, 0.1) is 11.5 Å². The van der Waals surface area contributed by atoms with Crippen LogP contribution in [0.3, 0.4) is 0 Å². The summed E-state index contributed by atoms with van der Waals surface area (Å²) >= 11 is 0. The molecule has 0 bridgehead atoms. The maximum Gasteiger partial charge on any atom is 0.345 e. The van der Waals surface area contributed by atoms with Gasteiger partial charge in [-0.2, -0.15) is 0 Å². The molecule has 106 valence electrons. The van der Waals surface area contributed by atoms with Gasteiger partial charge in [-0.25, -0.2) is 4.79 Å². The molecule has 0 amide bonds. The van der Waals surface area contributed by atoms with Crippen LogP contribution in [0.2, 0.25) is 0 Å². The Kier molecular flexibility index (Phi) is 4.96. The second-order valence-electron chi connectivity index (χ2n) is 3.80. The summed E-state index contributed by atoms with van der Waals surface area (Å²) in [5.41, 5.74) is -0.531. The summed E-state index contributed by atoms with van der Waals surface area (Å²) in [6, 6.07) is 4.81. The van der Waals surface area contributed by atoms with Gasteiger partial charge in [0.15, 0.2) is 5.78 Å². The number of esters is 1. The predicted molar refractivity (Wildman–Crippen MR) is 70.0 cm³/mol. The van der Waals surface area contributed by atoms with Crippen LogP contribution in [0, 0.1) is 10.1 Å². The van der Waals surface area contributed by atoms with Crippen LogP contribution < -0.4 is 0 Å². The molecule has 0 aliphatic heterocycles. The number of hydrogen-bond donors (Lipinski definition) is 1. The monoisotopic (exact) mass is 279 g/mol. The highest BCUT2D eigenvalue weighted by Gasteiger charge is 2.22. The van der Waals surface area contributed by atoms with Crippen molar-refractivity contribution in [2.75, 3.05) is 6.61 Å². The van der Waals surface area contributed by atoms with Gasteiger partial charge < -0.3 is 9.84 Å². The molecule has 0 fully saturated rings. The number of hydrogen-bond acceptors (Lipinski definition) is 6. The number of Topliss-reactive ketones (excluding diaryl/α,β-unsaturated/α-hetero) is 1. The van der Waals surface area contributed by atoms with Crippen LogP contribution in [-0.2, 0) is 14.3 Å². The summed E-state index contributed by atoms with van der Waals surface area (Å²) in [6.45, 7) is 2.75. The van der Waals surface area contributed by atoms with Crippen LogP contribution in [0.15, 0.2) is 29.8 Å². The summed E-state index contributed by atoms with van der Waals surface area (Å²) in [7, 11) is 0. The van der Waals surface area contributed by atoms with Gasteiger partial charge in [-0.15, -0.1) is 0 Å². The molecule has 0 saturated carbocycles. The zero-order valence-electron chi connectivity index (χ0n) is 11.0. The van der Waals surface area contributed by atoms with E-state index in [1.807, 2.05) is 0 Å². The van der Waals surface area contributed by atoms with E-state index in [4.69, 9.17) is 0 Å². The molecule has 0 atom stereocenters. The molecule has 7 heteroatoms. The smallest absolute Gasteiger partial charge is 0.345 e. The van der Waals surface area contributed by atoms with Gasteiger partial charge in [-0.3, -0.25) is 14.9 Å². The first-order valence-corrected chi connectivity index (χ1v) is 5.74. The molecule has 1 aromatic rings. The fourth-order valence-corrected chi connectivity index (χ4v) is 1.50. The van der Waals surface area contributed by atoms with Gasteiger partial charge >= 0.3 is 5.97 Å². The Labute approximate surface area is 114 Å². The Bertz CT molecular complexity index is 573. The van der Waals surface area contributed by atoms with Crippen molar-refractivity contribution in [3.63, 3.8) is 0 Å². The van der Waals surface area contributed by atoms with Crippen LogP contribution >= 0.6 is 0 Å². The Balaban J connectivity index is 3.24. The van der Waals surface area contributed by atoms with Crippen molar-refractivity contribution in [1.29, 1.82) is 0 Å². The number of non-ortho nitro benzene ring substituents is 1. The highest BCUT2D eigenvalue weighted by Crippen LogP contribution is 2.21. The summed E-state index contributed by atoms with van der Waals surface area (Å²) in [4.78, 5) is 33.0. The van der Waals surface area contributed by atoms with E-state index in [9.17, 15) is 24.8 Å². The largest absolute Gasteiger partial charge is 0.506 e. The molecular formula is C13H13NO6. The maximum atomic E-state index is 11.6. The number of carbonyl (C=O) groups excluding carboxylic acids is 2. The van der Waals surface area contributed by atoms with E-state index in [0.717, 1.165) is 19.1 Å². The van der Waals surface area contributed by atoms with Crippen molar-refractivity contribution >= 4 is 23.2 Å². The standard InChI is InChI=1S/C13H13NO6/c1-3-20-13(17)11(8(2)15)12(16)9-4-6-10(7-5-9)14(18)19/h4-7,16H,3H2,1-2H3/b12-11-. The van der Waals surface area contributed by atoms with Gasteiger partial charge in [-0.05, 0) is 26.0 Å². The van der Waals surface area contributed by atoms with Crippen LogP contribution in [0.5, 0.6) is 0 Å². The minimum atomic E-state index is -0.934. The fourth-order valence-electron chi connectivity index (χ4n) is 1.50. The molecule has 0 aromatic heterocycles. The number of aliphatic hydroxyl groups excluding tert-OH is 1. The van der Waals surface area contributed by atoms with E-state index in [1.165, 1.54) is 12.1 Å². The Morgan fingerprint density at radius 3 is 2.25 bits per heavy atom. The van der Waals surface area contributed by atoms with Crippen molar-refractivity contribution in [2.24, 2.45) is 0 Å². The normalized spacial score (nSPS) is 11.5. The molecular weight excluding hydrogens is 266 g/mol. The lowest BCUT2D eigenvalue weighted by atomic mass is 10.1. The number of benzene rings is 1. The lowest BCUT2D eigenvalue weighted by Crippen LogP contribution is -2.16. The number of nitrogens with zero attached hydrogens (tertiary/aromatic N) is 1. The molecule has 0 heterocycles. The van der Waals surface area contributed by atoms with Crippen LogP contribution in [0.4, 0.5) is 5.69 Å². The van der Waals surface area contributed by atoms with E-state index in [-0.39, 0.29) is 17.9 Å². The SMILES string of the molecule is CCOC(=O)/C(C(C)=O)=C(\O)c1ccc([N+](=O)[O-])cc1. The first-order valence-electron chi connectivity index (χ1n) is 5.74. The van der Waals surface area contributed by atoms with E-state index < -0.39 is 28.0 Å². The molecule has 0 aliphatic carbocycles. The number of ketones is 1. The Hall–Kier alpha value is -2.70. The van der Waals surface area contributed by atoms with E-state index in [0.29, 0.717) is 0 Å². The highest BCUT2D eigenvalue weighted by atomic mass is 16.6. The van der Waals surface area contributed by atoms with Gasteiger partial charge in [0, 0.05) is 17.7 Å². The summed E-state index contributed by atoms with van der Waals surface area (Å²) in [5, 5.41) is 20.5. The highest BCUT2D eigenvalue weighted by molar-refractivity contribution is 6.21. The third-order valence-corrected chi connectivity index (χ3v) is 2.42. The molecule has 7 nitrogen and oxygen atoms in total.